The number of carbonyl (C=O) groups is 1. The second kappa shape index (κ2) is 8.15. The minimum atomic E-state index is -0.223. The van der Waals surface area contributed by atoms with Gasteiger partial charge in [0.15, 0.2) is 11.5 Å². The molecule has 1 fully saturated rings. The number of piperidine rings is 1. The standard InChI is InChI=1S/C23H25FN2O3/c1-28-21-6-3-15(11-22(21)29-2)12-23(27)26-9-7-16(8-10-26)20-14-17-13-18(24)4-5-19(17)25-20/h3-6,11,13-14,16,25H,7-10,12H2,1-2H3. The summed E-state index contributed by atoms with van der Waals surface area (Å²) in [5.74, 6) is 1.54. The van der Waals surface area contributed by atoms with Gasteiger partial charge in [-0.25, -0.2) is 4.39 Å². The van der Waals surface area contributed by atoms with E-state index in [1.165, 1.54) is 6.07 Å². The zero-order chi connectivity index (χ0) is 20.4. The predicted molar refractivity (Wildman–Crippen MR) is 110 cm³/mol. The van der Waals surface area contributed by atoms with Crippen molar-refractivity contribution in [2.45, 2.75) is 25.2 Å². The number of benzene rings is 2. The minimum absolute atomic E-state index is 0.120. The van der Waals surface area contributed by atoms with E-state index in [9.17, 15) is 9.18 Å². The summed E-state index contributed by atoms with van der Waals surface area (Å²) >= 11 is 0. The first-order chi connectivity index (χ1) is 14.1. The van der Waals surface area contributed by atoms with Crippen molar-refractivity contribution < 1.29 is 18.7 Å². The Balaban J connectivity index is 1.38. The van der Waals surface area contributed by atoms with Gasteiger partial charge in [0.2, 0.25) is 5.91 Å². The van der Waals surface area contributed by atoms with Crippen LogP contribution < -0.4 is 9.47 Å². The number of nitrogens with zero attached hydrogens (tertiary/aromatic N) is 1. The van der Waals surface area contributed by atoms with Crippen LogP contribution in [0, 0.1) is 5.82 Å². The number of nitrogens with one attached hydrogen (secondary N) is 1. The lowest BCUT2D eigenvalue weighted by Gasteiger charge is -2.31. The summed E-state index contributed by atoms with van der Waals surface area (Å²) in [7, 11) is 3.18. The summed E-state index contributed by atoms with van der Waals surface area (Å²) in [5.41, 5.74) is 2.98. The normalized spacial score (nSPS) is 14.9. The number of aromatic amines is 1. The molecule has 1 aliphatic rings. The Kier molecular flexibility index (Phi) is 5.43. The van der Waals surface area contributed by atoms with Crippen LogP contribution in [0.25, 0.3) is 10.9 Å². The molecule has 0 aliphatic carbocycles. The van der Waals surface area contributed by atoms with E-state index < -0.39 is 0 Å². The Bertz CT molecular complexity index is 1020. The maximum Gasteiger partial charge on any atom is 0.226 e. The molecule has 0 spiro atoms. The van der Waals surface area contributed by atoms with Crippen LogP contribution in [-0.2, 0) is 11.2 Å². The van der Waals surface area contributed by atoms with Crippen molar-refractivity contribution in [3.05, 3.63) is 59.5 Å². The molecule has 0 saturated carbocycles. The fourth-order valence-corrected chi connectivity index (χ4v) is 4.06. The summed E-state index contributed by atoms with van der Waals surface area (Å²) in [6.45, 7) is 1.45. The molecule has 1 N–H and O–H groups in total. The third kappa shape index (κ3) is 4.06. The molecule has 0 unspecified atom stereocenters. The van der Waals surface area contributed by atoms with E-state index in [0.29, 0.717) is 23.8 Å². The largest absolute Gasteiger partial charge is 0.493 e. The molecule has 4 rings (SSSR count). The van der Waals surface area contributed by atoms with Crippen molar-refractivity contribution in [3.8, 4) is 11.5 Å². The lowest BCUT2D eigenvalue weighted by molar-refractivity contribution is -0.131. The molecule has 1 aromatic heterocycles. The highest BCUT2D eigenvalue weighted by Gasteiger charge is 2.25. The zero-order valence-electron chi connectivity index (χ0n) is 16.7. The van der Waals surface area contributed by atoms with Gasteiger partial charge in [0.25, 0.3) is 0 Å². The van der Waals surface area contributed by atoms with E-state index in [-0.39, 0.29) is 11.7 Å². The number of H-pyrrole nitrogens is 1. The third-order valence-electron chi connectivity index (χ3n) is 5.69. The molecule has 3 aromatic rings. The molecular formula is C23H25FN2O3. The minimum Gasteiger partial charge on any atom is -0.493 e. The molecule has 152 valence electrons. The van der Waals surface area contributed by atoms with Gasteiger partial charge in [-0.1, -0.05) is 6.07 Å². The number of hydrogen-bond donors (Lipinski definition) is 1. The van der Waals surface area contributed by atoms with Crippen LogP contribution >= 0.6 is 0 Å². The van der Waals surface area contributed by atoms with Crippen molar-refractivity contribution >= 4 is 16.8 Å². The first-order valence-electron chi connectivity index (χ1n) is 9.84. The van der Waals surface area contributed by atoms with Crippen molar-refractivity contribution in [1.29, 1.82) is 0 Å². The molecule has 6 heteroatoms. The first kappa shape index (κ1) is 19.3. The summed E-state index contributed by atoms with van der Waals surface area (Å²) in [5, 5.41) is 0.895. The number of aromatic nitrogens is 1. The second-order valence-corrected chi connectivity index (χ2v) is 7.48. The van der Waals surface area contributed by atoms with Gasteiger partial charge in [0, 0.05) is 35.6 Å². The van der Waals surface area contributed by atoms with Crippen molar-refractivity contribution in [2.24, 2.45) is 0 Å². The van der Waals surface area contributed by atoms with Crippen molar-refractivity contribution in [1.82, 2.24) is 9.88 Å². The van der Waals surface area contributed by atoms with Gasteiger partial charge in [-0.05, 0) is 54.8 Å². The Morgan fingerprint density at radius 3 is 2.55 bits per heavy atom. The van der Waals surface area contributed by atoms with E-state index >= 15 is 0 Å². The number of rotatable bonds is 5. The number of amides is 1. The molecule has 1 amide bonds. The molecule has 5 nitrogen and oxygen atoms in total. The lowest BCUT2D eigenvalue weighted by atomic mass is 9.93. The van der Waals surface area contributed by atoms with Crippen molar-refractivity contribution in [2.75, 3.05) is 27.3 Å². The van der Waals surface area contributed by atoms with Gasteiger partial charge < -0.3 is 19.4 Å². The monoisotopic (exact) mass is 396 g/mol. The highest BCUT2D eigenvalue weighted by Crippen LogP contribution is 2.31. The maximum atomic E-state index is 13.4. The Hall–Kier alpha value is -3.02. The molecular weight excluding hydrogens is 371 g/mol. The van der Waals surface area contributed by atoms with Crippen LogP contribution in [0.5, 0.6) is 11.5 Å². The quantitative estimate of drug-likeness (QED) is 0.701. The molecule has 1 aliphatic heterocycles. The predicted octanol–water partition coefficient (Wildman–Crippen LogP) is 4.27. The summed E-state index contributed by atoms with van der Waals surface area (Å²) in [6.07, 6.45) is 2.14. The van der Waals surface area contributed by atoms with Crippen LogP contribution in [0.3, 0.4) is 0 Å². The fourth-order valence-electron chi connectivity index (χ4n) is 4.06. The van der Waals surface area contributed by atoms with Crippen molar-refractivity contribution in [3.63, 3.8) is 0 Å². The molecule has 0 atom stereocenters. The molecule has 1 saturated heterocycles. The van der Waals surface area contributed by atoms with Crippen LogP contribution in [0.15, 0.2) is 42.5 Å². The number of carbonyl (C=O) groups excluding carboxylic acids is 1. The average molecular weight is 396 g/mol. The topological polar surface area (TPSA) is 54.6 Å². The lowest BCUT2D eigenvalue weighted by Crippen LogP contribution is -2.38. The number of fused-ring (bicyclic) bond motifs is 1. The van der Waals surface area contributed by atoms with Gasteiger partial charge in [0.1, 0.15) is 5.82 Å². The number of likely N-dealkylation sites (tertiary alicyclic amines) is 1. The van der Waals surface area contributed by atoms with Gasteiger partial charge in [-0.15, -0.1) is 0 Å². The molecule has 0 radical (unpaired) electrons. The summed E-state index contributed by atoms with van der Waals surface area (Å²) in [4.78, 5) is 18.1. The number of methoxy groups -OCH3 is 2. The highest BCUT2D eigenvalue weighted by molar-refractivity contribution is 5.81. The van der Waals surface area contributed by atoms with Crippen LogP contribution in [0.2, 0.25) is 0 Å². The average Bonchev–Trinajstić information content (AvgIpc) is 3.17. The van der Waals surface area contributed by atoms with Crippen LogP contribution in [0.4, 0.5) is 4.39 Å². The second-order valence-electron chi connectivity index (χ2n) is 7.48. The van der Waals surface area contributed by atoms with Gasteiger partial charge in [-0.2, -0.15) is 0 Å². The van der Waals surface area contributed by atoms with E-state index in [1.54, 1.807) is 26.4 Å². The van der Waals surface area contributed by atoms with E-state index in [0.717, 1.165) is 48.1 Å². The zero-order valence-corrected chi connectivity index (χ0v) is 16.7. The first-order valence-corrected chi connectivity index (χ1v) is 9.84. The Labute approximate surface area is 169 Å². The van der Waals surface area contributed by atoms with Gasteiger partial charge in [0.05, 0.1) is 20.6 Å². The Morgan fingerprint density at radius 2 is 1.83 bits per heavy atom. The number of ether oxygens (including phenoxy) is 2. The summed E-state index contributed by atoms with van der Waals surface area (Å²) < 4.78 is 24.0. The molecule has 2 aromatic carbocycles. The maximum absolute atomic E-state index is 13.4. The third-order valence-corrected chi connectivity index (χ3v) is 5.69. The number of hydrogen-bond acceptors (Lipinski definition) is 3. The smallest absolute Gasteiger partial charge is 0.226 e. The van der Waals surface area contributed by atoms with E-state index in [1.807, 2.05) is 29.2 Å². The SMILES string of the molecule is COc1ccc(CC(=O)N2CCC(c3cc4cc(F)ccc4[nH]3)CC2)cc1OC. The van der Waals surface area contributed by atoms with Crippen LogP contribution in [-0.4, -0.2) is 43.1 Å². The molecule has 29 heavy (non-hydrogen) atoms. The van der Waals surface area contributed by atoms with E-state index in [2.05, 4.69) is 4.98 Å². The van der Waals surface area contributed by atoms with Gasteiger partial charge in [-0.3, -0.25) is 4.79 Å². The highest BCUT2D eigenvalue weighted by atomic mass is 19.1. The van der Waals surface area contributed by atoms with E-state index in [4.69, 9.17) is 9.47 Å². The Morgan fingerprint density at radius 1 is 1.07 bits per heavy atom. The van der Waals surface area contributed by atoms with Gasteiger partial charge >= 0.3 is 0 Å². The fraction of sp³-hybridized carbons (Fsp3) is 0.348. The van der Waals surface area contributed by atoms with Crippen LogP contribution in [0.1, 0.15) is 30.0 Å². The number of halogens is 1. The summed E-state index contributed by atoms with van der Waals surface area (Å²) in [6, 6.07) is 12.4. The molecule has 2 heterocycles. The molecule has 0 bridgehead atoms.